The maximum atomic E-state index is 9.60. The molecule has 2 aromatic rings. The molecule has 0 aliphatic heterocycles. The lowest BCUT2D eigenvalue weighted by Crippen LogP contribution is -2.14. The monoisotopic (exact) mass is 316 g/mol. The van der Waals surface area contributed by atoms with Crippen molar-refractivity contribution in [2.75, 3.05) is 13.2 Å². The van der Waals surface area contributed by atoms with Crippen LogP contribution in [0.25, 0.3) is 11.6 Å². The SMILES string of the molecule is CCC(O)COC/C(=C/c1ccc(Cl)cc1)c1ccccc1. The van der Waals surface area contributed by atoms with Gasteiger partial charge in [0.15, 0.2) is 0 Å². The zero-order valence-electron chi connectivity index (χ0n) is 12.7. The lowest BCUT2D eigenvalue weighted by molar-refractivity contribution is 0.0496. The quantitative estimate of drug-likeness (QED) is 0.752. The average molecular weight is 317 g/mol. The van der Waals surface area contributed by atoms with Crippen LogP contribution in [0.5, 0.6) is 0 Å². The largest absolute Gasteiger partial charge is 0.391 e. The smallest absolute Gasteiger partial charge is 0.0771 e. The number of hydrogen-bond acceptors (Lipinski definition) is 2. The molecule has 0 heterocycles. The van der Waals surface area contributed by atoms with Crippen molar-refractivity contribution in [1.29, 1.82) is 0 Å². The van der Waals surface area contributed by atoms with E-state index in [0.29, 0.717) is 19.6 Å². The van der Waals surface area contributed by atoms with Crippen molar-refractivity contribution >= 4 is 23.3 Å². The summed E-state index contributed by atoms with van der Waals surface area (Å²) < 4.78 is 5.65. The predicted octanol–water partition coefficient (Wildman–Crippen LogP) is 4.67. The first-order chi connectivity index (χ1) is 10.7. The fraction of sp³-hybridized carbons (Fsp3) is 0.263. The fourth-order valence-corrected chi connectivity index (χ4v) is 2.17. The molecule has 2 aromatic carbocycles. The number of rotatable bonds is 7. The molecule has 0 saturated carbocycles. The van der Waals surface area contributed by atoms with Gasteiger partial charge in [-0.2, -0.15) is 0 Å². The standard InChI is InChI=1S/C19H21ClO2/c1-2-19(21)14-22-13-17(16-6-4-3-5-7-16)12-15-8-10-18(20)11-9-15/h3-12,19,21H,2,13-14H2,1H3/b17-12-. The van der Waals surface area contributed by atoms with Gasteiger partial charge in [0.2, 0.25) is 0 Å². The number of aliphatic hydroxyl groups excluding tert-OH is 1. The van der Waals surface area contributed by atoms with Crippen LogP contribution < -0.4 is 0 Å². The summed E-state index contributed by atoms with van der Waals surface area (Å²) in [7, 11) is 0. The van der Waals surface area contributed by atoms with Gasteiger partial charge in [0.05, 0.1) is 19.3 Å². The van der Waals surface area contributed by atoms with Gasteiger partial charge in [0, 0.05) is 5.02 Å². The Morgan fingerprint density at radius 1 is 1.14 bits per heavy atom. The molecular weight excluding hydrogens is 296 g/mol. The Kier molecular flexibility index (Phi) is 6.66. The van der Waals surface area contributed by atoms with E-state index in [1.54, 1.807) is 0 Å². The van der Waals surface area contributed by atoms with E-state index >= 15 is 0 Å². The minimum absolute atomic E-state index is 0.349. The maximum Gasteiger partial charge on any atom is 0.0771 e. The molecule has 0 spiro atoms. The Balaban J connectivity index is 2.16. The van der Waals surface area contributed by atoms with Crippen LogP contribution in [-0.4, -0.2) is 24.4 Å². The molecule has 2 nitrogen and oxygen atoms in total. The van der Waals surface area contributed by atoms with E-state index in [-0.39, 0.29) is 0 Å². The van der Waals surface area contributed by atoms with E-state index in [9.17, 15) is 5.11 Å². The van der Waals surface area contributed by atoms with Gasteiger partial charge in [-0.1, -0.05) is 61.0 Å². The molecule has 3 heteroatoms. The highest BCUT2D eigenvalue weighted by Crippen LogP contribution is 2.20. The van der Waals surface area contributed by atoms with Crippen molar-refractivity contribution in [3.63, 3.8) is 0 Å². The molecule has 0 amide bonds. The van der Waals surface area contributed by atoms with Gasteiger partial charge in [-0.15, -0.1) is 0 Å². The van der Waals surface area contributed by atoms with Crippen molar-refractivity contribution in [3.8, 4) is 0 Å². The zero-order valence-corrected chi connectivity index (χ0v) is 13.5. The second-order valence-corrected chi connectivity index (χ2v) is 5.60. The molecule has 2 rings (SSSR count). The molecule has 116 valence electrons. The average Bonchev–Trinajstić information content (AvgIpc) is 2.56. The molecule has 0 saturated heterocycles. The van der Waals surface area contributed by atoms with Crippen molar-refractivity contribution < 1.29 is 9.84 Å². The van der Waals surface area contributed by atoms with Crippen LogP contribution in [0.15, 0.2) is 54.6 Å². The topological polar surface area (TPSA) is 29.5 Å². The molecule has 1 unspecified atom stereocenters. The molecule has 0 bridgehead atoms. The van der Waals surface area contributed by atoms with Crippen LogP contribution in [0, 0.1) is 0 Å². The van der Waals surface area contributed by atoms with Gasteiger partial charge in [0.25, 0.3) is 0 Å². The third-order valence-electron chi connectivity index (χ3n) is 3.39. The van der Waals surface area contributed by atoms with Gasteiger partial charge >= 0.3 is 0 Å². The van der Waals surface area contributed by atoms with E-state index in [2.05, 4.69) is 18.2 Å². The number of hydrogen-bond donors (Lipinski definition) is 1. The molecule has 0 aromatic heterocycles. The first-order valence-corrected chi connectivity index (χ1v) is 7.84. The first-order valence-electron chi connectivity index (χ1n) is 7.46. The lowest BCUT2D eigenvalue weighted by atomic mass is 10.0. The maximum absolute atomic E-state index is 9.60. The summed E-state index contributed by atoms with van der Waals surface area (Å²) >= 11 is 5.93. The lowest BCUT2D eigenvalue weighted by Gasteiger charge is -2.12. The predicted molar refractivity (Wildman–Crippen MR) is 92.9 cm³/mol. The molecule has 1 atom stereocenters. The van der Waals surface area contributed by atoms with Gasteiger partial charge in [-0.25, -0.2) is 0 Å². The summed E-state index contributed by atoms with van der Waals surface area (Å²) in [6.07, 6.45) is 2.37. The van der Waals surface area contributed by atoms with Gasteiger partial charge < -0.3 is 9.84 Å². The van der Waals surface area contributed by atoms with Crippen LogP contribution in [0.1, 0.15) is 24.5 Å². The third-order valence-corrected chi connectivity index (χ3v) is 3.65. The summed E-state index contributed by atoms with van der Waals surface area (Å²) in [5, 5.41) is 10.3. The Morgan fingerprint density at radius 3 is 2.45 bits per heavy atom. The molecule has 1 N–H and O–H groups in total. The fourth-order valence-electron chi connectivity index (χ4n) is 2.04. The summed E-state index contributed by atoms with van der Waals surface area (Å²) in [4.78, 5) is 0. The minimum Gasteiger partial charge on any atom is -0.391 e. The van der Waals surface area contributed by atoms with Crippen molar-refractivity contribution in [2.45, 2.75) is 19.4 Å². The summed E-state index contributed by atoms with van der Waals surface area (Å²) in [5.41, 5.74) is 3.26. The summed E-state index contributed by atoms with van der Waals surface area (Å²) in [6.45, 7) is 2.75. The highest BCUT2D eigenvalue weighted by atomic mass is 35.5. The van der Waals surface area contributed by atoms with Crippen molar-refractivity contribution in [1.82, 2.24) is 0 Å². The summed E-state index contributed by atoms with van der Waals surface area (Å²) in [5.74, 6) is 0. The Hall–Kier alpha value is -1.61. The molecule has 0 fully saturated rings. The second kappa shape index (κ2) is 8.74. The van der Waals surface area contributed by atoms with Crippen LogP contribution in [-0.2, 0) is 4.74 Å². The number of halogens is 1. The third kappa shape index (κ3) is 5.30. The molecule has 0 radical (unpaired) electrons. The second-order valence-electron chi connectivity index (χ2n) is 5.16. The molecular formula is C19H21ClO2. The highest BCUT2D eigenvalue weighted by Gasteiger charge is 2.05. The highest BCUT2D eigenvalue weighted by molar-refractivity contribution is 6.30. The normalized spacial score (nSPS) is 13.1. The van der Waals surface area contributed by atoms with E-state index in [0.717, 1.165) is 21.7 Å². The van der Waals surface area contributed by atoms with E-state index in [1.807, 2.05) is 49.4 Å². The minimum atomic E-state index is -0.410. The Morgan fingerprint density at radius 2 is 1.82 bits per heavy atom. The molecule has 22 heavy (non-hydrogen) atoms. The molecule has 0 aliphatic carbocycles. The van der Waals surface area contributed by atoms with E-state index in [4.69, 9.17) is 16.3 Å². The van der Waals surface area contributed by atoms with E-state index in [1.165, 1.54) is 0 Å². The first kappa shape index (κ1) is 16.8. The van der Waals surface area contributed by atoms with Gasteiger partial charge in [-0.3, -0.25) is 0 Å². The Labute approximate surface area is 137 Å². The van der Waals surface area contributed by atoms with Gasteiger partial charge in [0.1, 0.15) is 0 Å². The number of aliphatic hydroxyl groups is 1. The number of ether oxygens (including phenoxy) is 1. The van der Waals surface area contributed by atoms with Crippen molar-refractivity contribution in [3.05, 3.63) is 70.7 Å². The Bertz CT molecular complexity index is 591. The zero-order chi connectivity index (χ0) is 15.8. The molecule has 0 aliphatic rings. The van der Waals surface area contributed by atoms with Crippen LogP contribution in [0.4, 0.5) is 0 Å². The van der Waals surface area contributed by atoms with Crippen LogP contribution in [0.2, 0.25) is 5.02 Å². The van der Waals surface area contributed by atoms with Crippen LogP contribution in [0.3, 0.4) is 0 Å². The van der Waals surface area contributed by atoms with Crippen LogP contribution >= 0.6 is 11.6 Å². The van der Waals surface area contributed by atoms with E-state index < -0.39 is 6.10 Å². The number of benzene rings is 2. The van der Waals surface area contributed by atoms with Gasteiger partial charge in [-0.05, 0) is 41.3 Å². The van der Waals surface area contributed by atoms with Crippen molar-refractivity contribution in [2.24, 2.45) is 0 Å². The summed E-state index contributed by atoms with van der Waals surface area (Å²) in [6, 6.07) is 17.8.